The van der Waals surface area contributed by atoms with Crippen molar-refractivity contribution in [1.82, 2.24) is 10.2 Å². The molecule has 1 saturated heterocycles. The van der Waals surface area contributed by atoms with E-state index in [-0.39, 0.29) is 0 Å². The Bertz CT molecular complexity index is 399. The van der Waals surface area contributed by atoms with Crippen LogP contribution >= 0.6 is 0 Å². The van der Waals surface area contributed by atoms with Crippen molar-refractivity contribution in [2.45, 2.75) is 38.8 Å². The number of rotatable bonds is 5. The number of nitrogens with one attached hydrogen (secondary N) is 1. The van der Waals surface area contributed by atoms with Gasteiger partial charge in [-0.2, -0.15) is 5.26 Å². The van der Waals surface area contributed by atoms with E-state index in [9.17, 15) is 0 Å². The summed E-state index contributed by atoms with van der Waals surface area (Å²) in [6.07, 6.45) is 3.64. The third kappa shape index (κ3) is 3.59. The predicted octanol–water partition coefficient (Wildman–Crippen LogP) is 2.12. The van der Waals surface area contributed by atoms with Crippen molar-refractivity contribution in [3.05, 3.63) is 23.7 Å². The van der Waals surface area contributed by atoms with Crippen LogP contribution in [-0.2, 0) is 6.54 Å². The van der Waals surface area contributed by atoms with Crippen molar-refractivity contribution in [1.29, 1.82) is 5.26 Å². The molecule has 0 unspecified atom stereocenters. The van der Waals surface area contributed by atoms with Crippen molar-refractivity contribution in [3.8, 4) is 6.07 Å². The van der Waals surface area contributed by atoms with Crippen LogP contribution in [0.1, 0.15) is 37.7 Å². The van der Waals surface area contributed by atoms with Crippen LogP contribution < -0.4 is 5.32 Å². The normalized spacial score (nSPS) is 17.8. The highest BCUT2D eigenvalue weighted by Crippen LogP contribution is 2.12. The largest absolute Gasteiger partial charge is 0.449 e. The molecule has 1 N–H and O–H groups in total. The van der Waals surface area contributed by atoms with Gasteiger partial charge in [-0.05, 0) is 51.0 Å². The van der Waals surface area contributed by atoms with Gasteiger partial charge in [0.05, 0.1) is 6.54 Å². The van der Waals surface area contributed by atoms with Crippen LogP contribution in [0.15, 0.2) is 16.5 Å². The summed E-state index contributed by atoms with van der Waals surface area (Å²) in [4.78, 5) is 2.53. The monoisotopic (exact) mass is 247 g/mol. The molecule has 0 amide bonds. The highest BCUT2D eigenvalue weighted by molar-refractivity contribution is 5.18. The van der Waals surface area contributed by atoms with Crippen LogP contribution in [0.2, 0.25) is 0 Å². The molecule has 0 bridgehead atoms. The molecular weight excluding hydrogens is 226 g/mol. The highest BCUT2D eigenvalue weighted by atomic mass is 16.3. The molecule has 0 atom stereocenters. The maximum absolute atomic E-state index is 8.68. The lowest BCUT2D eigenvalue weighted by atomic mass is 10.0. The molecule has 1 aliphatic heterocycles. The fourth-order valence-corrected chi connectivity index (χ4v) is 2.45. The van der Waals surface area contributed by atoms with E-state index in [1.165, 1.54) is 38.9 Å². The molecule has 2 heterocycles. The number of piperidine rings is 1. The first-order valence-electron chi connectivity index (χ1n) is 6.76. The molecule has 1 aromatic rings. The molecule has 0 aliphatic carbocycles. The van der Waals surface area contributed by atoms with Gasteiger partial charge in [0, 0.05) is 6.04 Å². The molecule has 0 aromatic carbocycles. The predicted molar refractivity (Wildman–Crippen MR) is 70.0 cm³/mol. The Labute approximate surface area is 109 Å². The first-order chi connectivity index (χ1) is 8.81. The van der Waals surface area contributed by atoms with Gasteiger partial charge in [0.1, 0.15) is 11.8 Å². The van der Waals surface area contributed by atoms with Gasteiger partial charge < -0.3 is 14.6 Å². The van der Waals surface area contributed by atoms with Crippen molar-refractivity contribution in [3.63, 3.8) is 0 Å². The topological polar surface area (TPSA) is 52.2 Å². The van der Waals surface area contributed by atoms with Crippen LogP contribution in [0, 0.1) is 11.3 Å². The minimum atomic E-state index is 0.393. The van der Waals surface area contributed by atoms with Crippen molar-refractivity contribution in [2.24, 2.45) is 0 Å². The second-order valence-corrected chi connectivity index (χ2v) is 4.87. The fourth-order valence-electron chi connectivity index (χ4n) is 2.45. The van der Waals surface area contributed by atoms with E-state index in [0.29, 0.717) is 11.8 Å². The fraction of sp³-hybridized carbons (Fsp3) is 0.643. The smallest absolute Gasteiger partial charge is 0.203 e. The molecule has 1 aliphatic rings. The van der Waals surface area contributed by atoms with Gasteiger partial charge in [-0.3, -0.25) is 0 Å². The molecule has 4 nitrogen and oxygen atoms in total. The van der Waals surface area contributed by atoms with E-state index in [1.54, 1.807) is 6.07 Å². The SMILES string of the molecule is CCCN1CCC(NCc2ccc(C#N)o2)CC1. The van der Waals surface area contributed by atoms with Crippen LogP contribution in [0.4, 0.5) is 0 Å². The first-order valence-corrected chi connectivity index (χ1v) is 6.76. The lowest BCUT2D eigenvalue weighted by Crippen LogP contribution is -2.42. The summed E-state index contributed by atoms with van der Waals surface area (Å²) >= 11 is 0. The van der Waals surface area contributed by atoms with Gasteiger partial charge in [-0.15, -0.1) is 0 Å². The molecule has 4 heteroatoms. The van der Waals surface area contributed by atoms with Crippen LogP contribution in [0.25, 0.3) is 0 Å². The number of likely N-dealkylation sites (tertiary alicyclic amines) is 1. The average Bonchev–Trinajstić information content (AvgIpc) is 2.86. The molecular formula is C14H21N3O. The molecule has 1 fully saturated rings. The number of hydrogen-bond acceptors (Lipinski definition) is 4. The van der Waals surface area contributed by atoms with Crippen LogP contribution in [0.5, 0.6) is 0 Å². The molecule has 0 saturated carbocycles. The minimum absolute atomic E-state index is 0.393. The van der Waals surface area contributed by atoms with E-state index in [0.717, 1.165) is 12.3 Å². The second-order valence-electron chi connectivity index (χ2n) is 4.87. The number of nitrogens with zero attached hydrogens (tertiary/aromatic N) is 2. The highest BCUT2D eigenvalue weighted by Gasteiger charge is 2.18. The van der Waals surface area contributed by atoms with E-state index < -0.39 is 0 Å². The Balaban J connectivity index is 1.70. The molecule has 0 radical (unpaired) electrons. The van der Waals surface area contributed by atoms with Crippen LogP contribution in [-0.4, -0.2) is 30.6 Å². The zero-order chi connectivity index (χ0) is 12.8. The summed E-state index contributed by atoms with van der Waals surface area (Å²) in [5.41, 5.74) is 0. The maximum atomic E-state index is 8.68. The molecule has 1 aromatic heterocycles. The minimum Gasteiger partial charge on any atom is -0.449 e. The standard InChI is InChI=1S/C14H21N3O/c1-2-7-17-8-5-12(6-9-17)16-11-14-4-3-13(10-15)18-14/h3-4,12,16H,2,5-9,11H2,1H3. The quantitative estimate of drug-likeness (QED) is 0.866. The molecule has 98 valence electrons. The Hall–Kier alpha value is -1.31. The summed E-state index contributed by atoms with van der Waals surface area (Å²) in [7, 11) is 0. The van der Waals surface area contributed by atoms with Gasteiger partial charge in [-0.1, -0.05) is 6.92 Å². The van der Waals surface area contributed by atoms with Gasteiger partial charge in [-0.25, -0.2) is 0 Å². The van der Waals surface area contributed by atoms with Gasteiger partial charge in [0.25, 0.3) is 0 Å². The van der Waals surface area contributed by atoms with Gasteiger partial charge >= 0.3 is 0 Å². The summed E-state index contributed by atoms with van der Waals surface area (Å²) in [6.45, 7) is 6.55. The second kappa shape index (κ2) is 6.58. The summed E-state index contributed by atoms with van der Waals surface area (Å²) in [5, 5.41) is 12.2. The summed E-state index contributed by atoms with van der Waals surface area (Å²) in [5.74, 6) is 1.24. The summed E-state index contributed by atoms with van der Waals surface area (Å²) < 4.78 is 5.35. The lowest BCUT2D eigenvalue weighted by molar-refractivity contribution is 0.196. The zero-order valence-electron chi connectivity index (χ0n) is 11.0. The van der Waals surface area contributed by atoms with Crippen molar-refractivity contribution >= 4 is 0 Å². The summed E-state index contributed by atoms with van der Waals surface area (Å²) in [6, 6.07) is 6.18. The van der Waals surface area contributed by atoms with Crippen molar-refractivity contribution in [2.75, 3.05) is 19.6 Å². The number of nitriles is 1. The van der Waals surface area contributed by atoms with Gasteiger partial charge in [0.2, 0.25) is 5.76 Å². The maximum Gasteiger partial charge on any atom is 0.203 e. The van der Waals surface area contributed by atoms with Gasteiger partial charge in [0.15, 0.2) is 0 Å². The number of hydrogen-bond donors (Lipinski definition) is 1. The first kappa shape index (κ1) is 13.1. The molecule has 0 spiro atoms. The van der Waals surface area contributed by atoms with Crippen molar-refractivity contribution < 1.29 is 4.42 Å². The zero-order valence-corrected chi connectivity index (χ0v) is 11.0. The molecule has 18 heavy (non-hydrogen) atoms. The third-order valence-corrected chi connectivity index (χ3v) is 3.46. The van der Waals surface area contributed by atoms with E-state index in [1.807, 2.05) is 12.1 Å². The van der Waals surface area contributed by atoms with E-state index in [4.69, 9.17) is 9.68 Å². The van der Waals surface area contributed by atoms with E-state index in [2.05, 4.69) is 17.1 Å². The van der Waals surface area contributed by atoms with E-state index >= 15 is 0 Å². The Morgan fingerprint density at radius 3 is 2.83 bits per heavy atom. The Morgan fingerprint density at radius 1 is 1.44 bits per heavy atom. The lowest BCUT2D eigenvalue weighted by Gasteiger charge is -2.32. The third-order valence-electron chi connectivity index (χ3n) is 3.46. The average molecular weight is 247 g/mol. The number of furan rings is 1. The Morgan fingerprint density at radius 2 is 2.22 bits per heavy atom. The van der Waals surface area contributed by atoms with Crippen LogP contribution in [0.3, 0.4) is 0 Å². The Kier molecular flexibility index (Phi) is 4.80. The molecule has 2 rings (SSSR count).